The zero-order valence-corrected chi connectivity index (χ0v) is 16.9. The Bertz CT molecular complexity index is 932. The van der Waals surface area contributed by atoms with Crippen LogP contribution >= 0.6 is 0 Å². The third kappa shape index (κ3) is 4.03. The van der Waals surface area contributed by atoms with Crippen molar-refractivity contribution in [1.29, 1.82) is 0 Å². The van der Waals surface area contributed by atoms with Crippen molar-refractivity contribution in [3.05, 3.63) is 42.4 Å². The molecule has 2 aliphatic rings. The molecule has 30 heavy (non-hydrogen) atoms. The number of amides is 3. The third-order valence-corrected chi connectivity index (χ3v) is 5.73. The third-order valence-electron chi connectivity index (χ3n) is 5.73. The fourth-order valence-corrected chi connectivity index (χ4v) is 4.04. The predicted molar refractivity (Wildman–Crippen MR) is 111 cm³/mol. The van der Waals surface area contributed by atoms with Gasteiger partial charge in [-0.15, -0.1) is 0 Å². The first-order valence-electron chi connectivity index (χ1n) is 10.2. The van der Waals surface area contributed by atoms with Crippen molar-refractivity contribution in [3.63, 3.8) is 0 Å². The van der Waals surface area contributed by atoms with Gasteiger partial charge in [-0.1, -0.05) is 0 Å². The quantitative estimate of drug-likeness (QED) is 0.817. The van der Waals surface area contributed by atoms with Crippen molar-refractivity contribution in [2.24, 2.45) is 5.92 Å². The Morgan fingerprint density at radius 3 is 2.60 bits per heavy atom. The topological polar surface area (TPSA) is 92.1 Å². The summed E-state index contributed by atoms with van der Waals surface area (Å²) in [7, 11) is 1.55. The average molecular weight is 411 g/mol. The predicted octanol–water partition coefficient (Wildman–Crippen LogP) is 2.91. The average Bonchev–Trinajstić information content (AvgIpc) is 3.45. The minimum absolute atomic E-state index is 0.0700. The highest BCUT2D eigenvalue weighted by Crippen LogP contribution is 2.34. The van der Waals surface area contributed by atoms with Crippen LogP contribution in [0.5, 0.6) is 5.75 Å². The summed E-state index contributed by atoms with van der Waals surface area (Å²) in [4.78, 5) is 40.6. The Balaban J connectivity index is 1.36. The van der Waals surface area contributed by atoms with Gasteiger partial charge in [-0.25, -0.2) is 0 Å². The highest BCUT2D eigenvalue weighted by molar-refractivity contribution is 5.98. The van der Waals surface area contributed by atoms with Gasteiger partial charge in [0.25, 0.3) is 5.91 Å². The zero-order valence-electron chi connectivity index (χ0n) is 16.9. The van der Waals surface area contributed by atoms with E-state index in [4.69, 9.17) is 9.15 Å². The number of methoxy groups -OCH3 is 1. The van der Waals surface area contributed by atoms with Crippen LogP contribution in [-0.4, -0.2) is 49.4 Å². The first-order valence-corrected chi connectivity index (χ1v) is 10.2. The number of rotatable bonds is 5. The Morgan fingerprint density at radius 1 is 1.17 bits per heavy atom. The molecule has 3 amide bonds. The maximum absolute atomic E-state index is 12.7. The van der Waals surface area contributed by atoms with E-state index in [1.165, 1.54) is 12.5 Å². The van der Waals surface area contributed by atoms with Gasteiger partial charge >= 0.3 is 0 Å². The van der Waals surface area contributed by atoms with Crippen molar-refractivity contribution >= 4 is 29.1 Å². The van der Waals surface area contributed by atoms with Gasteiger partial charge in [0, 0.05) is 43.7 Å². The molecular formula is C22H25N3O5. The van der Waals surface area contributed by atoms with Crippen LogP contribution in [-0.2, 0) is 9.59 Å². The Morgan fingerprint density at radius 2 is 1.97 bits per heavy atom. The number of benzene rings is 1. The van der Waals surface area contributed by atoms with Gasteiger partial charge in [-0.3, -0.25) is 14.4 Å². The van der Waals surface area contributed by atoms with Gasteiger partial charge < -0.3 is 24.3 Å². The number of likely N-dealkylation sites (tertiary alicyclic amines) is 1. The first kappa shape index (κ1) is 20.0. The molecule has 0 bridgehead atoms. The van der Waals surface area contributed by atoms with E-state index in [0.29, 0.717) is 55.9 Å². The van der Waals surface area contributed by atoms with Crippen LogP contribution in [0, 0.1) is 5.92 Å². The molecular weight excluding hydrogens is 386 g/mol. The second-order valence-corrected chi connectivity index (χ2v) is 7.60. The van der Waals surface area contributed by atoms with Crippen LogP contribution in [0.25, 0.3) is 0 Å². The van der Waals surface area contributed by atoms with Crippen LogP contribution in [0.4, 0.5) is 11.4 Å². The second-order valence-electron chi connectivity index (χ2n) is 7.60. The van der Waals surface area contributed by atoms with Crippen molar-refractivity contribution < 1.29 is 23.5 Å². The van der Waals surface area contributed by atoms with E-state index in [-0.39, 0.29) is 23.6 Å². The first-order chi connectivity index (χ1) is 14.6. The minimum Gasteiger partial charge on any atom is -0.494 e. The van der Waals surface area contributed by atoms with Crippen molar-refractivity contribution in [2.45, 2.75) is 25.7 Å². The number of anilines is 2. The maximum atomic E-state index is 12.7. The standard InChI is InChI=1S/C22H25N3O5/c1-29-19-13-17(4-5-18(19)25-9-2-3-20(25)26)23-21(27)15-6-10-24(11-7-15)22(28)16-8-12-30-14-16/h4-5,8,12-15H,2-3,6-7,9-11H2,1H3,(H,23,27). The summed E-state index contributed by atoms with van der Waals surface area (Å²) in [6, 6.07) is 6.99. The van der Waals surface area contributed by atoms with Gasteiger partial charge in [0.05, 0.1) is 24.6 Å². The number of carbonyl (C=O) groups is 3. The summed E-state index contributed by atoms with van der Waals surface area (Å²) in [5.41, 5.74) is 1.88. The summed E-state index contributed by atoms with van der Waals surface area (Å²) >= 11 is 0. The molecule has 0 saturated carbocycles. The fourth-order valence-electron chi connectivity index (χ4n) is 4.04. The van der Waals surface area contributed by atoms with Gasteiger partial charge in [0.15, 0.2) is 0 Å². The molecule has 0 radical (unpaired) electrons. The minimum atomic E-state index is -0.163. The largest absolute Gasteiger partial charge is 0.494 e. The molecule has 2 aliphatic heterocycles. The highest BCUT2D eigenvalue weighted by Gasteiger charge is 2.29. The lowest BCUT2D eigenvalue weighted by atomic mass is 9.95. The summed E-state index contributed by atoms with van der Waals surface area (Å²) in [6.45, 7) is 1.74. The molecule has 4 rings (SSSR count). The number of nitrogens with one attached hydrogen (secondary N) is 1. The number of piperidine rings is 1. The van der Waals surface area contributed by atoms with E-state index in [9.17, 15) is 14.4 Å². The molecule has 2 fully saturated rings. The lowest BCUT2D eigenvalue weighted by Gasteiger charge is -2.31. The van der Waals surface area contributed by atoms with Gasteiger partial charge in [0.2, 0.25) is 11.8 Å². The zero-order chi connectivity index (χ0) is 21.1. The SMILES string of the molecule is COc1cc(NC(=O)C2CCN(C(=O)c3ccoc3)CC2)ccc1N1CCCC1=O. The number of furan rings is 1. The van der Waals surface area contributed by atoms with Gasteiger partial charge in [0.1, 0.15) is 12.0 Å². The fraction of sp³-hybridized carbons (Fsp3) is 0.409. The van der Waals surface area contributed by atoms with Crippen LogP contribution < -0.4 is 15.0 Å². The van der Waals surface area contributed by atoms with Crippen molar-refractivity contribution in [1.82, 2.24) is 4.90 Å². The number of ether oxygens (including phenoxy) is 1. The number of nitrogens with zero attached hydrogens (tertiary/aromatic N) is 2. The van der Waals surface area contributed by atoms with Crippen LogP contribution in [0.1, 0.15) is 36.0 Å². The normalized spacial score (nSPS) is 17.3. The molecule has 8 nitrogen and oxygen atoms in total. The molecule has 0 spiro atoms. The molecule has 1 aromatic carbocycles. The van der Waals surface area contributed by atoms with E-state index < -0.39 is 0 Å². The molecule has 0 unspecified atom stereocenters. The molecule has 0 atom stereocenters. The second kappa shape index (κ2) is 8.61. The Hall–Kier alpha value is -3.29. The lowest BCUT2D eigenvalue weighted by Crippen LogP contribution is -2.41. The van der Waals surface area contributed by atoms with Crippen LogP contribution in [0.3, 0.4) is 0 Å². The summed E-state index contributed by atoms with van der Waals surface area (Å²) in [5, 5.41) is 2.95. The molecule has 8 heteroatoms. The highest BCUT2D eigenvalue weighted by atomic mass is 16.5. The molecule has 0 aliphatic carbocycles. The molecule has 1 N–H and O–H groups in total. The number of carbonyl (C=O) groups excluding carboxylic acids is 3. The number of hydrogen-bond donors (Lipinski definition) is 1. The van der Waals surface area contributed by atoms with E-state index in [1.54, 1.807) is 35.1 Å². The molecule has 2 aromatic rings. The lowest BCUT2D eigenvalue weighted by molar-refractivity contribution is -0.121. The monoisotopic (exact) mass is 411 g/mol. The smallest absolute Gasteiger partial charge is 0.257 e. The molecule has 158 valence electrons. The molecule has 2 saturated heterocycles. The summed E-state index contributed by atoms with van der Waals surface area (Å²) in [6.07, 6.45) is 5.51. The van der Waals surface area contributed by atoms with Crippen LogP contribution in [0.2, 0.25) is 0 Å². The van der Waals surface area contributed by atoms with E-state index in [2.05, 4.69) is 5.32 Å². The number of hydrogen-bond acceptors (Lipinski definition) is 5. The van der Waals surface area contributed by atoms with Crippen molar-refractivity contribution in [2.75, 3.05) is 37.0 Å². The Labute approximate surface area is 174 Å². The van der Waals surface area contributed by atoms with E-state index in [1.807, 2.05) is 6.07 Å². The van der Waals surface area contributed by atoms with E-state index >= 15 is 0 Å². The Kier molecular flexibility index (Phi) is 5.74. The summed E-state index contributed by atoms with van der Waals surface area (Å²) in [5.74, 6) is 0.339. The van der Waals surface area contributed by atoms with Gasteiger partial charge in [-0.2, -0.15) is 0 Å². The maximum Gasteiger partial charge on any atom is 0.257 e. The van der Waals surface area contributed by atoms with Gasteiger partial charge in [-0.05, 0) is 37.5 Å². The summed E-state index contributed by atoms with van der Waals surface area (Å²) < 4.78 is 10.4. The van der Waals surface area contributed by atoms with Crippen molar-refractivity contribution in [3.8, 4) is 5.75 Å². The van der Waals surface area contributed by atoms with Crippen LogP contribution in [0.15, 0.2) is 41.2 Å². The molecule has 1 aromatic heterocycles. The van der Waals surface area contributed by atoms with E-state index in [0.717, 1.165) is 12.1 Å². The molecule has 3 heterocycles.